The van der Waals surface area contributed by atoms with Crippen LogP contribution in [0, 0.1) is 5.92 Å². The first-order chi connectivity index (χ1) is 7.03. The Hall–Kier alpha value is -0.870. The molecule has 0 spiro atoms. The molecule has 4 heteroatoms. The van der Waals surface area contributed by atoms with Gasteiger partial charge < -0.3 is 0 Å². The van der Waals surface area contributed by atoms with Crippen molar-refractivity contribution in [2.45, 2.75) is 24.8 Å². The summed E-state index contributed by atoms with van der Waals surface area (Å²) in [7, 11) is -3.23. The van der Waals surface area contributed by atoms with Crippen molar-refractivity contribution in [2.75, 3.05) is 6.54 Å². The van der Waals surface area contributed by atoms with Gasteiger partial charge in [-0.1, -0.05) is 32.0 Å². The summed E-state index contributed by atoms with van der Waals surface area (Å²) in [4.78, 5) is 0.396. The minimum Gasteiger partial charge on any atom is -0.207 e. The Balaban J connectivity index is 2.24. The van der Waals surface area contributed by atoms with Crippen molar-refractivity contribution in [2.24, 2.45) is 5.92 Å². The van der Waals surface area contributed by atoms with Gasteiger partial charge in [-0.2, -0.15) is 4.31 Å². The molecule has 0 radical (unpaired) electrons. The molecule has 0 aliphatic carbocycles. The van der Waals surface area contributed by atoms with Gasteiger partial charge in [-0.15, -0.1) is 0 Å². The first-order valence-electron chi connectivity index (χ1n) is 5.10. The fraction of sp³-hybridized carbons (Fsp3) is 0.455. The Morgan fingerprint density at radius 1 is 1.27 bits per heavy atom. The summed E-state index contributed by atoms with van der Waals surface area (Å²) in [6.07, 6.45) is 0. The molecular weight excluding hydrogens is 210 g/mol. The van der Waals surface area contributed by atoms with E-state index in [1.165, 1.54) is 0 Å². The molecule has 0 saturated carbocycles. The summed E-state index contributed by atoms with van der Waals surface area (Å²) >= 11 is 0. The summed E-state index contributed by atoms with van der Waals surface area (Å²) in [5.74, 6) is 0.392. The first kappa shape index (κ1) is 10.6. The molecule has 1 aliphatic heterocycles. The lowest BCUT2D eigenvalue weighted by Crippen LogP contribution is -2.16. The second kappa shape index (κ2) is 3.61. The van der Waals surface area contributed by atoms with E-state index in [1.54, 1.807) is 28.6 Å². The molecule has 1 aromatic rings. The van der Waals surface area contributed by atoms with Crippen LogP contribution in [0.3, 0.4) is 0 Å². The smallest absolute Gasteiger partial charge is 0.207 e. The maximum absolute atomic E-state index is 12.0. The zero-order chi connectivity index (χ0) is 11.1. The standard InChI is InChI=1S/C11H15NO2S/c1-9(2)11-8-12(11)15(13,14)10-6-4-3-5-7-10/h3-7,9,11H,8H2,1-2H3/t11-,12?/m1/s1. The minimum atomic E-state index is -3.23. The van der Waals surface area contributed by atoms with E-state index in [0.717, 1.165) is 0 Å². The molecule has 0 bridgehead atoms. The van der Waals surface area contributed by atoms with Crippen LogP contribution in [0.5, 0.6) is 0 Å². The van der Waals surface area contributed by atoms with Gasteiger partial charge in [0.05, 0.1) is 4.90 Å². The van der Waals surface area contributed by atoms with Gasteiger partial charge in [-0.25, -0.2) is 8.42 Å². The van der Waals surface area contributed by atoms with E-state index in [0.29, 0.717) is 17.4 Å². The number of benzene rings is 1. The minimum absolute atomic E-state index is 0.190. The quantitative estimate of drug-likeness (QED) is 0.734. The van der Waals surface area contributed by atoms with Gasteiger partial charge >= 0.3 is 0 Å². The molecule has 0 N–H and O–H groups in total. The molecule has 2 rings (SSSR count). The molecule has 3 nitrogen and oxygen atoms in total. The van der Waals surface area contributed by atoms with Crippen LogP contribution in [-0.4, -0.2) is 25.3 Å². The highest BCUT2D eigenvalue weighted by Crippen LogP contribution is 2.32. The highest BCUT2D eigenvalue weighted by Gasteiger charge is 2.45. The SMILES string of the molecule is CC(C)[C@H]1CN1S(=O)(=O)c1ccccc1. The summed E-state index contributed by atoms with van der Waals surface area (Å²) in [5.41, 5.74) is 0. The largest absolute Gasteiger partial charge is 0.243 e. The zero-order valence-corrected chi connectivity index (χ0v) is 9.74. The Bertz CT molecular complexity index is 439. The van der Waals surface area contributed by atoms with Crippen LogP contribution in [0.15, 0.2) is 35.2 Å². The Morgan fingerprint density at radius 2 is 1.87 bits per heavy atom. The van der Waals surface area contributed by atoms with Gasteiger partial charge in [0, 0.05) is 12.6 Å². The second-order valence-corrected chi connectivity index (χ2v) is 6.09. The van der Waals surface area contributed by atoms with E-state index in [1.807, 2.05) is 19.9 Å². The highest BCUT2D eigenvalue weighted by atomic mass is 32.2. The van der Waals surface area contributed by atoms with Gasteiger partial charge in [-0.05, 0) is 18.1 Å². The van der Waals surface area contributed by atoms with Crippen LogP contribution in [0.25, 0.3) is 0 Å². The number of hydrogen-bond acceptors (Lipinski definition) is 2. The van der Waals surface area contributed by atoms with Crippen LogP contribution in [0.2, 0.25) is 0 Å². The normalized spacial score (nSPS) is 25.5. The molecule has 1 saturated heterocycles. The predicted octanol–water partition coefficient (Wildman–Crippen LogP) is 1.72. The van der Waals surface area contributed by atoms with Crippen LogP contribution in [0.1, 0.15) is 13.8 Å². The van der Waals surface area contributed by atoms with Crippen molar-refractivity contribution in [1.82, 2.24) is 4.31 Å². The monoisotopic (exact) mass is 225 g/mol. The third-order valence-electron chi connectivity index (χ3n) is 2.72. The summed E-state index contributed by atoms with van der Waals surface area (Å²) < 4.78 is 25.6. The van der Waals surface area contributed by atoms with Crippen LogP contribution < -0.4 is 0 Å². The molecule has 2 atom stereocenters. The van der Waals surface area contributed by atoms with Gasteiger partial charge in [-0.3, -0.25) is 0 Å². The van der Waals surface area contributed by atoms with Crippen molar-refractivity contribution in [3.05, 3.63) is 30.3 Å². The average molecular weight is 225 g/mol. The molecule has 1 unspecified atom stereocenters. The number of rotatable bonds is 3. The van der Waals surface area contributed by atoms with Gasteiger partial charge in [0.25, 0.3) is 0 Å². The Labute approximate surface area is 90.8 Å². The molecule has 0 aromatic heterocycles. The molecule has 1 fully saturated rings. The van der Waals surface area contributed by atoms with Gasteiger partial charge in [0.2, 0.25) is 10.0 Å². The third kappa shape index (κ3) is 1.92. The lowest BCUT2D eigenvalue weighted by Gasteiger charge is -2.07. The molecule has 82 valence electrons. The molecule has 0 amide bonds. The van der Waals surface area contributed by atoms with E-state index in [-0.39, 0.29) is 6.04 Å². The molecule has 1 aliphatic rings. The van der Waals surface area contributed by atoms with Crippen LogP contribution in [-0.2, 0) is 10.0 Å². The van der Waals surface area contributed by atoms with Gasteiger partial charge in [0.15, 0.2) is 0 Å². The zero-order valence-electron chi connectivity index (χ0n) is 8.92. The average Bonchev–Trinajstić information content (AvgIpc) is 2.99. The fourth-order valence-corrected chi connectivity index (χ4v) is 3.41. The lowest BCUT2D eigenvalue weighted by molar-refractivity contribution is 0.518. The molecule has 1 aromatic carbocycles. The highest BCUT2D eigenvalue weighted by molar-refractivity contribution is 7.89. The fourth-order valence-electron chi connectivity index (χ4n) is 1.68. The maximum atomic E-state index is 12.0. The van der Waals surface area contributed by atoms with Crippen molar-refractivity contribution < 1.29 is 8.42 Å². The van der Waals surface area contributed by atoms with E-state index in [4.69, 9.17) is 0 Å². The van der Waals surface area contributed by atoms with Crippen molar-refractivity contribution in [3.8, 4) is 0 Å². The first-order valence-corrected chi connectivity index (χ1v) is 6.54. The van der Waals surface area contributed by atoms with E-state index >= 15 is 0 Å². The van der Waals surface area contributed by atoms with E-state index in [2.05, 4.69) is 0 Å². The Kier molecular flexibility index (Phi) is 2.56. The van der Waals surface area contributed by atoms with Crippen molar-refractivity contribution in [1.29, 1.82) is 0 Å². The predicted molar refractivity (Wildman–Crippen MR) is 59.0 cm³/mol. The molecule has 1 heterocycles. The third-order valence-corrected chi connectivity index (χ3v) is 4.63. The number of nitrogens with zero attached hydrogens (tertiary/aromatic N) is 1. The molecule has 15 heavy (non-hydrogen) atoms. The van der Waals surface area contributed by atoms with Crippen LogP contribution in [0.4, 0.5) is 0 Å². The van der Waals surface area contributed by atoms with E-state index < -0.39 is 10.0 Å². The number of hydrogen-bond donors (Lipinski definition) is 0. The lowest BCUT2D eigenvalue weighted by atomic mass is 10.1. The topological polar surface area (TPSA) is 37.1 Å². The van der Waals surface area contributed by atoms with Crippen molar-refractivity contribution in [3.63, 3.8) is 0 Å². The second-order valence-electron chi connectivity index (χ2n) is 4.20. The van der Waals surface area contributed by atoms with Crippen LogP contribution >= 0.6 is 0 Å². The van der Waals surface area contributed by atoms with E-state index in [9.17, 15) is 8.42 Å². The maximum Gasteiger partial charge on any atom is 0.243 e. The van der Waals surface area contributed by atoms with Gasteiger partial charge in [0.1, 0.15) is 0 Å². The summed E-state index contributed by atoms with van der Waals surface area (Å²) in [6, 6.07) is 8.80. The summed E-state index contributed by atoms with van der Waals surface area (Å²) in [5, 5.41) is 0. The Morgan fingerprint density at radius 3 is 2.33 bits per heavy atom. The summed E-state index contributed by atoms with van der Waals surface area (Å²) in [6.45, 7) is 4.76. The number of sulfonamides is 1. The molecular formula is C11H15NO2S. The van der Waals surface area contributed by atoms with Crippen molar-refractivity contribution >= 4 is 10.0 Å².